The Hall–Kier alpha value is -0.160. The molecule has 3 atom stereocenters. The quantitative estimate of drug-likeness (QED) is 0.259. The molecule has 134 valence electrons. The Labute approximate surface area is 137 Å². The first kappa shape index (κ1) is 21.8. The van der Waals surface area contributed by atoms with Gasteiger partial charge in [-0.3, -0.25) is 0 Å². The summed E-state index contributed by atoms with van der Waals surface area (Å²) >= 11 is 0. The van der Waals surface area contributed by atoms with Crippen LogP contribution in [0.3, 0.4) is 0 Å². The molecule has 5 N–H and O–H groups in total. The lowest BCUT2D eigenvalue weighted by Gasteiger charge is -2.18. The van der Waals surface area contributed by atoms with Crippen molar-refractivity contribution >= 4 is 0 Å². The van der Waals surface area contributed by atoms with Crippen LogP contribution in [0.4, 0.5) is 0 Å². The van der Waals surface area contributed by atoms with E-state index in [4.69, 9.17) is 10.8 Å². The molecule has 0 saturated heterocycles. The van der Waals surface area contributed by atoms with Gasteiger partial charge in [0.05, 0.1) is 12.2 Å². The van der Waals surface area contributed by atoms with E-state index < -0.39 is 18.4 Å². The van der Waals surface area contributed by atoms with Gasteiger partial charge in [0.2, 0.25) is 0 Å². The molecule has 0 rings (SSSR count). The molecule has 3 unspecified atom stereocenters. The Kier molecular flexibility index (Phi) is 15.6. The van der Waals surface area contributed by atoms with Gasteiger partial charge in [0.15, 0.2) is 0 Å². The fourth-order valence-corrected chi connectivity index (χ4v) is 2.79. The molecule has 0 aliphatic carbocycles. The molecular weight excluding hydrogens is 278 g/mol. The average molecular weight is 318 g/mol. The minimum atomic E-state index is -1.05. The summed E-state index contributed by atoms with van der Waals surface area (Å²) in [6.07, 6.45) is 13.3. The van der Waals surface area contributed by atoms with Gasteiger partial charge in [-0.1, -0.05) is 84.0 Å². The molecule has 4 heteroatoms. The van der Waals surface area contributed by atoms with Gasteiger partial charge in [-0.2, -0.15) is 0 Å². The number of rotatable bonds is 16. The van der Waals surface area contributed by atoms with Crippen LogP contribution in [-0.2, 0) is 0 Å². The molecule has 0 bridgehead atoms. The lowest BCUT2D eigenvalue weighted by atomic mass is 10.0. The highest BCUT2D eigenvalue weighted by Gasteiger charge is 2.17. The zero-order valence-electron chi connectivity index (χ0n) is 14.6. The van der Waals surface area contributed by atoms with E-state index in [-0.39, 0.29) is 6.42 Å². The van der Waals surface area contributed by atoms with Gasteiger partial charge < -0.3 is 21.1 Å². The van der Waals surface area contributed by atoms with Gasteiger partial charge in [-0.05, 0) is 6.42 Å². The van der Waals surface area contributed by atoms with Crippen molar-refractivity contribution in [2.75, 3.05) is 0 Å². The van der Waals surface area contributed by atoms with Crippen LogP contribution in [0.15, 0.2) is 0 Å². The number of nitrogens with two attached hydrogens (primary N) is 1. The third kappa shape index (κ3) is 14.8. The van der Waals surface area contributed by atoms with Crippen LogP contribution in [0.2, 0.25) is 0 Å². The van der Waals surface area contributed by atoms with Crippen molar-refractivity contribution in [2.24, 2.45) is 5.73 Å². The molecule has 0 aromatic carbocycles. The summed E-state index contributed by atoms with van der Waals surface area (Å²) in [5.41, 5.74) is 5.18. The molecule has 0 aromatic heterocycles. The second-order valence-electron chi connectivity index (χ2n) is 6.62. The van der Waals surface area contributed by atoms with E-state index in [1.54, 1.807) is 0 Å². The Bertz CT molecular complexity index is 224. The molecule has 0 heterocycles. The fraction of sp³-hybridized carbons (Fsp3) is 1.00. The monoisotopic (exact) mass is 317 g/mol. The molecule has 0 spiro atoms. The van der Waals surface area contributed by atoms with Gasteiger partial charge in [-0.25, -0.2) is 0 Å². The van der Waals surface area contributed by atoms with E-state index in [0.717, 1.165) is 12.8 Å². The van der Waals surface area contributed by atoms with Crippen LogP contribution in [-0.4, -0.2) is 33.8 Å². The zero-order valence-corrected chi connectivity index (χ0v) is 14.6. The van der Waals surface area contributed by atoms with Crippen molar-refractivity contribution in [3.63, 3.8) is 0 Å². The average Bonchev–Trinajstić information content (AvgIpc) is 2.47. The second-order valence-corrected chi connectivity index (χ2v) is 6.62. The minimum Gasteiger partial charge on any atom is -0.390 e. The molecule has 4 nitrogen and oxygen atoms in total. The Morgan fingerprint density at radius 3 is 1.45 bits per heavy atom. The second kappa shape index (κ2) is 15.7. The molecule has 22 heavy (non-hydrogen) atoms. The summed E-state index contributed by atoms with van der Waals surface area (Å²) in [6.45, 7) is 2.25. The third-order valence-electron chi connectivity index (χ3n) is 4.28. The highest BCUT2D eigenvalue weighted by atomic mass is 16.3. The van der Waals surface area contributed by atoms with Gasteiger partial charge in [-0.15, -0.1) is 0 Å². The molecule has 0 amide bonds. The molecule has 0 aliphatic rings. The number of unbranched alkanes of at least 4 members (excludes halogenated alkanes) is 11. The van der Waals surface area contributed by atoms with Crippen LogP contribution < -0.4 is 5.73 Å². The fourth-order valence-electron chi connectivity index (χ4n) is 2.79. The number of hydrogen-bond acceptors (Lipinski definition) is 4. The first-order valence-electron chi connectivity index (χ1n) is 9.37. The summed E-state index contributed by atoms with van der Waals surface area (Å²) < 4.78 is 0. The normalized spacial score (nSPS) is 15.7. The maximum absolute atomic E-state index is 9.71. The maximum atomic E-state index is 9.71. The highest BCUT2D eigenvalue weighted by Crippen LogP contribution is 2.14. The van der Waals surface area contributed by atoms with Gasteiger partial charge in [0.25, 0.3) is 0 Å². The first-order chi connectivity index (χ1) is 10.6. The van der Waals surface area contributed by atoms with E-state index in [2.05, 4.69) is 6.92 Å². The topological polar surface area (TPSA) is 86.7 Å². The van der Waals surface area contributed by atoms with E-state index in [0.29, 0.717) is 6.42 Å². The van der Waals surface area contributed by atoms with Crippen LogP contribution >= 0.6 is 0 Å². The van der Waals surface area contributed by atoms with Crippen molar-refractivity contribution in [3.8, 4) is 0 Å². The van der Waals surface area contributed by atoms with Gasteiger partial charge in [0, 0.05) is 6.42 Å². The van der Waals surface area contributed by atoms with Gasteiger partial charge in [0.1, 0.15) is 6.23 Å². The lowest BCUT2D eigenvalue weighted by Crippen LogP contribution is -2.33. The largest absolute Gasteiger partial charge is 0.390 e. The highest BCUT2D eigenvalue weighted by molar-refractivity contribution is 4.69. The molecular formula is C18H39NO3. The van der Waals surface area contributed by atoms with E-state index in [1.807, 2.05) is 0 Å². The number of aliphatic hydroxyl groups excluding tert-OH is 3. The van der Waals surface area contributed by atoms with Crippen LogP contribution in [0.5, 0.6) is 0 Å². The van der Waals surface area contributed by atoms with Crippen molar-refractivity contribution < 1.29 is 15.3 Å². The van der Waals surface area contributed by atoms with E-state index >= 15 is 0 Å². The Morgan fingerprint density at radius 1 is 0.636 bits per heavy atom. The lowest BCUT2D eigenvalue weighted by molar-refractivity contribution is -0.0153. The molecule has 0 fully saturated rings. The molecule has 0 saturated carbocycles. The standard InChI is InChI=1S/C18H39NO3/c1-2-3-4-5-6-7-8-9-10-11-12-13-14-16(20)17(21)15-18(19)22/h16-18,20-22H,2-15,19H2,1H3. The van der Waals surface area contributed by atoms with Crippen LogP contribution in [0.25, 0.3) is 0 Å². The number of hydrogen-bond donors (Lipinski definition) is 4. The van der Waals surface area contributed by atoms with Crippen molar-refractivity contribution in [2.45, 2.75) is 115 Å². The molecule has 0 aromatic rings. The summed E-state index contributed by atoms with van der Waals surface area (Å²) in [4.78, 5) is 0. The SMILES string of the molecule is CCCCCCCCCCCCCCC(O)C(O)CC(N)O. The summed E-state index contributed by atoms with van der Waals surface area (Å²) in [5, 5.41) is 28.2. The predicted molar refractivity (Wildman–Crippen MR) is 92.5 cm³/mol. The minimum absolute atomic E-state index is 0.0411. The number of aliphatic hydroxyl groups is 3. The van der Waals surface area contributed by atoms with E-state index in [1.165, 1.54) is 64.2 Å². The van der Waals surface area contributed by atoms with Crippen molar-refractivity contribution in [1.29, 1.82) is 0 Å². The molecule has 0 radical (unpaired) electrons. The third-order valence-corrected chi connectivity index (χ3v) is 4.28. The van der Waals surface area contributed by atoms with Gasteiger partial charge >= 0.3 is 0 Å². The summed E-state index contributed by atoms with van der Waals surface area (Å²) in [6, 6.07) is 0. The summed E-state index contributed by atoms with van der Waals surface area (Å²) in [5.74, 6) is 0. The van der Waals surface area contributed by atoms with Crippen LogP contribution in [0.1, 0.15) is 96.8 Å². The smallest absolute Gasteiger partial charge is 0.105 e. The predicted octanol–water partition coefficient (Wildman–Crippen LogP) is 3.47. The summed E-state index contributed by atoms with van der Waals surface area (Å²) in [7, 11) is 0. The maximum Gasteiger partial charge on any atom is 0.105 e. The Balaban J connectivity index is 3.23. The Morgan fingerprint density at radius 2 is 1.05 bits per heavy atom. The van der Waals surface area contributed by atoms with Crippen LogP contribution in [0, 0.1) is 0 Å². The van der Waals surface area contributed by atoms with Crippen molar-refractivity contribution in [1.82, 2.24) is 0 Å². The molecule has 0 aliphatic heterocycles. The van der Waals surface area contributed by atoms with E-state index in [9.17, 15) is 10.2 Å². The van der Waals surface area contributed by atoms with Crippen molar-refractivity contribution in [3.05, 3.63) is 0 Å². The zero-order chi connectivity index (χ0) is 16.6. The first-order valence-corrected chi connectivity index (χ1v) is 9.37.